The molecule has 3 N–H and O–H groups in total. The summed E-state index contributed by atoms with van der Waals surface area (Å²) >= 11 is 6.31. The smallest absolute Gasteiger partial charge is 0.130 e. The van der Waals surface area contributed by atoms with Gasteiger partial charge < -0.3 is 0 Å². The van der Waals surface area contributed by atoms with Crippen LogP contribution in [0.15, 0.2) is 0 Å². The van der Waals surface area contributed by atoms with Crippen LogP contribution in [0.5, 0.6) is 0 Å². The Labute approximate surface area is 120 Å². The van der Waals surface area contributed by atoms with Gasteiger partial charge in [0.15, 0.2) is 0 Å². The van der Waals surface area contributed by atoms with Crippen LogP contribution < -0.4 is 11.3 Å². The largest absolute Gasteiger partial charge is 0.271 e. The molecule has 0 saturated heterocycles. The van der Waals surface area contributed by atoms with Crippen molar-refractivity contribution in [3.05, 3.63) is 16.4 Å². The van der Waals surface area contributed by atoms with E-state index in [-0.39, 0.29) is 0 Å². The molecule has 1 fully saturated rings. The molecule has 0 aliphatic heterocycles. The SMILES string of the molecule is Cc1nn(C)c(Cl)c1CC(NN)C1CCCC(C)C1. The number of rotatable bonds is 4. The average molecular weight is 285 g/mol. The van der Waals surface area contributed by atoms with E-state index in [0.717, 1.165) is 28.7 Å². The lowest BCUT2D eigenvalue weighted by atomic mass is 9.77. The van der Waals surface area contributed by atoms with Crippen molar-refractivity contribution in [2.24, 2.45) is 24.7 Å². The van der Waals surface area contributed by atoms with Gasteiger partial charge in [0.05, 0.1) is 5.69 Å². The predicted molar refractivity (Wildman–Crippen MR) is 78.9 cm³/mol. The molecule has 0 bridgehead atoms. The summed E-state index contributed by atoms with van der Waals surface area (Å²) in [5.74, 6) is 7.23. The van der Waals surface area contributed by atoms with Crippen molar-refractivity contribution in [1.82, 2.24) is 15.2 Å². The average Bonchev–Trinajstić information content (AvgIpc) is 2.61. The number of hydrogen-bond donors (Lipinski definition) is 2. The third-order valence-electron chi connectivity index (χ3n) is 4.45. The fourth-order valence-corrected chi connectivity index (χ4v) is 3.59. The van der Waals surface area contributed by atoms with Crippen molar-refractivity contribution in [2.45, 2.75) is 52.0 Å². The Morgan fingerprint density at radius 2 is 2.26 bits per heavy atom. The second-order valence-electron chi connectivity index (χ2n) is 5.99. The standard InChI is InChI=1S/C14H25ClN4/c1-9-5-4-6-11(7-9)13(17-16)8-12-10(2)18-19(3)14(12)15/h9,11,13,17H,4-8,16H2,1-3H3. The first-order chi connectivity index (χ1) is 9.02. The second-order valence-corrected chi connectivity index (χ2v) is 6.35. The Hall–Kier alpha value is -0.580. The molecule has 0 radical (unpaired) electrons. The third-order valence-corrected chi connectivity index (χ3v) is 4.93. The lowest BCUT2D eigenvalue weighted by Gasteiger charge is -2.33. The summed E-state index contributed by atoms with van der Waals surface area (Å²) in [5.41, 5.74) is 5.15. The molecule has 0 spiro atoms. The van der Waals surface area contributed by atoms with Crippen LogP contribution in [0, 0.1) is 18.8 Å². The molecule has 1 aliphatic rings. The Kier molecular flexibility index (Phi) is 4.87. The van der Waals surface area contributed by atoms with Crippen LogP contribution in [0.2, 0.25) is 5.15 Å². The van der Waals surface area contributed by atoms with Crippen molar-refractivity contribution >= 4 is 11.6 Å². The maximum atomic E-state index is 6.31. The van der Waals surface area contributed by atoms with Gasteiger partial charge in [-0.1, -0.05) is 31.4 Å². The monoisotopic (exact) mass is 284 g/mol. The molecule has 2 rings (SSSR count). The van der Waals surface area contributed by atoms with Crippen LogP contribution in [0.4, 0.5) is 0 Å². The number of nitrogens with zero attached hydrogens (tertiary/aromatic N) is 2. The first-order valence-electron chi connectivity index (χ1n) is 7.17. The Bertz CT molecular complexity index is 429. The number of aryl methyl sites for hydroxylation is 2. The van der Waals surface area contributed by atoms with Gasteiger partial charge in [0.2, 0.25) is 0 Å². The Morgan fingerprint density at radius 3 is 2.79 bits per heavy atom. The van der Waals surface area contributed by atoms with Crippen molar-refractivity contribution in [2.75, 3.05) is 0 Å². The van der Waals surface area contributed by atoms with Gasteiger partial charge in [-0.15, -0.1) is 0 Å². The summed E-state index contributed by atoms with van der Waals surface area (Å²) in [4.78, 5) is 0. The summed E-state index contributed by atoms with van der Waals surface area (Å²) < 4.78 is 1.74. The summed E-state index contributed by atoms with van der Waals surface area (Å²) in [6.07, 6.45) is 6.04. The van der Waals surface area contributed by atoms with E-state index in [1.807, 2.05) is 14.0 Å². The summed E-state index contributed by atoms with van der Waals surface area (Å²) in [6.45, 7) is 4.35. The van der Waals surface area contributed by atoms with Gasteiger partial charge in [-0.05, 0) is 38.0 Å². The zero-order valence-electron chi connectivity index (χ0n) is 12.1. The second kappa shape index (κ2) is 6.25. The van der Waals surface area contributed by atoms with E-state index in [0.29, 0.717) is 12.0 Å². The minimum absolute atomic E-state index is 0.295. The molecule has 1 saturated carbocycles. The Morgan fingerprint density at radius 1 is 1.53 bits per heavy atom. The molecule has 1 heterocycles. The van der Waals surface area contributed by atoms with Gasteiger partial charge in [0.25, 0.3) is 0 Å². The van der Waals surface area contributed by atoms with E-state index in [4.69, 9.17) is 17.4 Å². The lowest BCUT2D eigenvalue weighted by Crippen LogP contribution is -2.44. The zero-order chi connectivity index (χ0) is 14.0. The molecule has 1 aliphatic carbocycles. The maximum absolute atomic E-state index is 6.31. The topological polar surface area (TPSA) is 55.9 Å². The highest BCUT2D eigenvalue weighted by Crippen LogP contribution is 2.32. The number of nitrogens with two attached hydrogens (primary N) is 1. The van der Waals surface area contributed by atoms with E-state index in [1.54, 1.807) is 4.68 Å². The molecule has 0 aromatic carbocycles. The first-order valence-corrected chi connectivity index (χ1v) is 7.54. The van der Waals surface area contributed by atoms with Crippen LogP contribution in [0.3, 0.4) is 0 Å². The fraction of sp³-hybridized carbons (Fsp3) is 0.786. The van der Waals surface area contributed by atoms with Crippen molar-refractivity contribution < 1.29 is 0 Å². The van der Waals surface area contributed by atoms with Crippen molar-refractivity contribution in [1.29, 1.82) is 0 Å². The number of hydrogen-bond acceptors (Lipinski definition) is 3. The van der Waals surface area contributed by atoms with Gasteiger partial charge in [-0.2, -0.15) is 5.10 Å². The lowest BCUT2D eigenvalue weighted by molar-refractivity contribution is 0.222. The fourth-order valence-electron chi connectivity index (χ4n) is 3.33. The van der Waals surface area contributed by atoms with Crippen LogP contribution in [0.1, 0.15) is 43.9 Å². The zero-order valence-corrected chi connectivity index (χ0v) is 12.9. The van der Waals surface area contributed by atoms with E-state index < -0.39 is 0 Å². The molecule has 3 unspecified atom stereocenters. The van der Waals surface area contributed by atoms with Gasteiger partial charge >= 0.3 is 0 Å². The highest BCUT2D eigenvalue weighted by molar-refractivity contribution is 6.30. The molecule has 1 aromatic rings. The van der Waals surface area contributed by atoms with Crippen molar-refractivity contribution in [3.8, 4) is 0 Å². The number of aromatic nitrogens is 2. The van der Waals surface area contributed by atoms with E-state index in [9.17, 15) is 0 Å². The summed E-state index contributed by atoms with van der Waals surface area (Å²) in [5, 5.41) is 5.11. The van der Waals surface area contributed by atoms with Gasteiger partial charge in [0, 0.05) is 18.7 Å². The van der Waals surface area contributed by atoms with Gasteiger partial charge in [-0.3, -0.25) is 16.0 Å². The quantitative estimate of drug-likeness (QED) is 0.660. The molecule has 3 atom stereocenters. The first kappa shape index (κ1) is 14.8. The molecule has 4 nitrogen and oxygen atoms in total. The minimum Gasteiger partial charge on any atom is -0.271 e. The van der Waals surface area contributed by atoms with Crippen molar-refractivity contribution in [3.63, 3.8) is 0 Å². The molecular formula is C14H25ClN4. The number of nitrogens with one attached hydrogen (secondary N) is 1. The van der Waals surface area contributed by atoms with Gasteiger partial charge in [-0.25, -0.2) is 0 Å². The highest BCUT2D eigenvalue weighted by atomic mass is 35.5. The molecule has 5 heteroatoms. The molecule has 19 heavy (non-hydrogen) atoms. The highest BCUT2D eigenvalue weighted by Gasteiger charge is 2.27. The molecule has 108 valence electrons. The van der Waals surface area contributed by atoms with Crippen LogP contribution >= 0.6 is 11.6 Å². The van der Waals surface area contributed by atoms with E-state index in [1.165, 1.54) is 25.7 Å². The third kappa shape index (κ3) is 3.30. The molecular weight excluding hydrogens is 260 g/mol. The van der Waals surface area contributed by atoms with Crippen LogP contribution in [0.25, 0.3) is 0 Å². The summed E-state index contributed by atoms with van der Waals surface area (Å²) in [6, 6.07) is 0.295. The van der Waals surface area contributed by atoms with Crippen LogP contribution in [-0.4, -0.2) is 15.8 Å². The maximum Gasteiger partial charge on any atom is 0.130 e. The normalized spacial score (nSPS) is 25.5. The molecule has 0 amide bonds. The van der Waals surface area contributed by atoms with Crippen LogP contribution in [-0.2, 0) is 13.5 Å². The van der Waals surface area contributed by atoms with E-state index in [2.05, 4.69) is 17.4 Å². The Balaban J connectivity index is 2.10. The van der Waals surface area contributed by atoms with Gasteiger partial charge in [0.1, 0.15) is 5.15 Å². The minimum atomic E-state index is 0.295. The summed E-state index contributed by atoms with van der Waals surface area (Å²) in [7, 11) is 1.88. The predicted octanol–water partition coefficient (Wildman–Crippen LogP) is 2.58. The molecule has 1 aromatic heterocycles. The number of halogens is 1. The number of hydrazine groups is 1. The van der Waals surface area contributed by atoms with E-state index >= 15 is 0 Å².